The van der Waals surface area contributed by atoms with Crippen molar-refractivity contribution in [3.8, 4) is 0 Å². The second-order valence-corrected chi connectivity index (χ2v) is 4.08. The predicted molar refractivity (Wildman–Crippen MR) is 58.5 cm³/mol. The molecule has 1 heterocycles. The lowest BCUT2D eigenvalue weighted by Crippen LogP contribution is -2.59. The van der Waals surface area contributed by atoms with E-state index >= 15 is 0 Å². The molecule has 0 bridgehead atoms. The molecule has 7 nitrogen and oxygen atoms in total. The maximum absolute atomic E-state index is 11.0. The van der Waals surface area contributed by atoms with Gasteiger partial charge in [0.05, 0.1) is 6.10 Å². The van der Waals surface area contributed by atoms with E-state index < -0.39 is 42.6 Å². The van der Waals surface area contributed by atoms with Crippen molar-refractivity contribution in [3.63, 3.8) is 0 Å². The molecule has 1 fully saturated rings. The zero-order valence-corrected chi connectivity index (χ0v) is 10.8. The molecule has 5 atom stereocenters. The minimum Gasteiger partial charge on any atom is -0.457 e. The number of methoxy groups -OCH3 is 1. The molecule has 1 aliphatic heterocycles. The Morgan fingerprint density at radius 3 is 2.00 bits per heavy atom. The summed E-state index contributed by atoms with van der Waals surface area (Å²) in [6.07, 6.45) is -4.45. The zero-order chi connectivity index (χ0) is 13.9. The Hall–Kier alpha value is -1.18. The molecule has 0 aliphatic carbocycles. The number of ether oxygens (including phenoxy) is 4. The van der Waals surface area contributed by atoms with Crippen molar-refractivity contribution < 1.29 is 33.6 Å². The molecule has 1 saturated heterocycles. The Labute approximate surface area is 105 Å². The lowest BCUT2D eigenvalue weighted by Gasteiger charge is -2.41. The Morgan fingerprint density at radius 2 is 1.56 bits per heavy atom. The largest absolute Gasteiger partial charge is 0.457 e. The lowest BCUT2D eigenvalue weighted by molar-refractivity contribution is -0.289. The number of hydrogen-bond donors (Lipinski definition) is 1. The topological polar surface area (TPSA) is 91.3 Å². The number of aliphatic hydroxyl groups is 1. The Balaban J connectivity index is 2.88. The zero-order valence-electron chi connectivity index (χ0n) is 10.8. The van der Waals surface area contributed by atoms with Crippen LogP contribution in [0.1, 0.15) is 20.8 Å². The van der Waals surface area contributed by atoms with Gasteiger partial charge in [0.1, 0.15) is 6.10 Å². The summed E-state index contributed by atoms with van der Waals surface area (Å²) in [6.45, 7) is 4.09. The predicted octanol–water partition coefficient (Wildman–Crippen LogP) is -0.398. The molecule has 7 heteroatoms. The maximum atomic E-state index is 11.0. The first-order valence-electron chi connectivity index (χ1n) is 5.57. The standard InChI is InChI=1S/C11H18O7/c1-5-8(17-6(2)12)9(15-4)10(11(14)16-5)18-7(3)13/h5,8-11,14H,1-4H3/t5-,8-,9+,10-,11+/m0/s1. The molecule has 0 aromatic heterocycles. The van der Waals surface area contributed by atoms with Crippen LogP contribution in [0.25, 0.3) is 0 Å². The van der Waals surface area contributed by atoms with Crippen LogP contribution in [-0.2, 0) is 28.5 Å². The fraction of sp³-hybridized carbons (Fsp3) is 0.818. The summed E-state index contributed by atoms with van der Waals surface area (Å²) in [5, 5.41) is 9.72. The van der Waals surface area contributed by atoms with Crippen LogP contribution in [0.15, 0.2) is 0 Å². The van der Waals surface area contributed by atoms with Gasteiger partial charge in [0.15, 0.2) is 18.5 Å². The smallest absolute Gasteiger partial charge is 0.303 e. The highest BCUT2D eigenvalue weighted by molar-refractivity contribution is 5.67. The minimum atomic E-state index is -1.32. The van der Waals surface area contributed by atoms with E-state index in [1.807, 2.05) is 0 Å². The van der Waals surface area contributed by atoms with Crippen molar-refractivity contribution in [2.24, 2.45) is 0 Å². The molecule has 0 saturated carbocycles. The van der Waals surface area contributed by atoms with Gasteiger partial charge in [-0.15, -0.1) is 0 Å². The summed E-state index contributed by atoms with van der Waals surface area (Å²) in [4.78, 5) is 22.0. The summed E-state index contributed by atoms with van der Waals surface area (Å²) in [7, 11) is 1.38. The molecule has 0 spiro atoms. The van der Waals surface area contributed by atoms with Crippen LogP contribution in [0.3, 0.4) is 0 Å². The third kappa shape index (κ3) is 3.41. The highest BCUT2D eigenvalue weighted by atomic mass is 16.7. The van der Waals surface area contributed by atoms with Crippen LogP contribution in [-0.4, -0.2) is 54.9 Å². The third-order valence-corrected chi connectivity index (χ3v) is 2.62. The normalized spacial score (nSPS) is 35.9. The second kappa shape index (κ2) is 6.12. The van der Waals surface area contributed by atoms with Crippen molar-refractivity contribution in [2.75, 3.05) is 7.11 Å². The van der Waals surface area contributed by atoms with Gasteiger partial charge in [-0.05, 0) is 6.92 Å². The third-order valence-electron chi connectivity index (χ3n) is 2.62. The van der Waals surface area contributed by atoms with E-state index in [2.05, 4.69) is 0 Å². The Morgan fingerprint density at radius 1 is 1.06 bits per heavy atom. The fourth-order valence-corrected chi connectivity index (χ4v) is 1.93. The van der Waals surface area contributed by atoms with Crippen LogP contribution in [0.2, 0.25) is 0 Å². The van der Waals surface area contributed by atoms with E-state index in [1.54, 1.807) is 6.92 Å². The monoisotopic (exact) mass is 262 g/mol. The van der Waals surface area contributed by atoms with E-state index in [0.717, 1.165) is 0 Å². The van der Waals surface area contributed by atoms with Gasteiger partial charge in [0.25, 0.3) is 0 Å². The van der Waals surface area contributed by atoms with E-state index in [9.17, 15) is 14.7 Å². The number of aliphatic hydroxyl groups excluding tert-OH is 1. The molecule has 1 rings (SSSR count). The molecule has 0 aromatic carbocycles. The molecule has 0 amide bonds. The first kappa shape index (κ1) is 14.9. The van der Waals surface area contributed by atoms with E-state index in [1.165, 1.54) is 21.0 Å². The van der Waals surface area contributed by atoms with Crippen molar-refractivity contribution in [3.05, 3.63) is 0 Å². The Bertz CT molecular complexity index is 289. The second-order valence-electron chi connectivity index (χ2n) is 4.08. The molecule has 0 unspecified atom stereocenters. The molecule has 104 valence electrons. The van der Waals surface area contributed by atoms with Crippen LogP contribution in [0.4, 0.5) is 0 Å². The van der Waals surface area contributed by atoms with Gasteiger partial charge in [0.2, 0.25) is 0 Å². The summed E-state index contributed by atoms with van der Waals surface area (Å²) >= 11 is 0. The number of carbonyl (C=O) groups excluding carboxylic acids is 2. The van der Waals surface area contributed by atoms with Gasteiger partial charge >= 0.3 is 11.9 Å². The fourth-order valence-electron chi connectivity index (χ4n) is 1.93. The number of rotatable bonds is 3. The van der Waals surface area contributed by atoms with Gasteiger partial charge in [-0.25, -0.2) is 0 Å². The van der Waals surface area contributed by atoms with Crippen molar-refractivity contribution in [2.45, 2.75) is 51.5 Å². The SMILES string of the molecule is CO[C@@H]1[C@@H](OC(C)=O)[C@H](C)O[C@@H](O)[C@H]1OC(C)=O. The number of esters is 2. The van der Waals surface area contributed by atoms with Gasteiger partial charge in [0, 0.05) is 21.0 Å². The highest BCUT2D eigenvalue weighted by Crippen LogP contribution is 2.26. The molecule has 0 aromatic rings. The van der Waals surface area contributed by atoms with Crippen LogP contribution >= 0.6 is 0 Å². The molecule has 1 N–H and O–H groups in total. The van der Waals surface area contributed by atoms with Crippen molar-refractivity contribution >= 4 is 11.9 Å². The maximum Gasteiger partial charge on any atom is 0.303 e. The van der Waals surface area contributed by atoms with E-state index in [4.69, 9.17) is 18.9 Å². The summed E-state index contributed by atoms with van der Waals surface area (Å²) in [5.41, 5.74) is 0. The summed E-state index contributed by atoms with van der Waals surface area (Å²) in [6, 6.07) is 0. The van der Waals surface area contributed by atoms with Gasteiger partial charge in [-0.2, -0.15) is 0 Å². The van der Waals surface area contributed by atoms with E-state index in [0.29, 0.717) is 0 Å². The average molecular weight is 262 g/mol. The average Bonchev–Trinajstić information content (AvgIpc) is 2.24. The Kier molecular flexibility index (Phi) is 5.06. The van der Waals surface area contributed by atoms with Crippen LogP contribution < -0.4 is 0 Å². The van der Waals surface area contributed by atoms with Crippen molar-refractivity contribution in [1.82, 2.24) is 0 Å². The van der Waals surface area contributed by atoms with Gasteiger partial charge in [-0.1, -0.05) is 0 Å². The van der Waals surface area contributed by atoms with Gasteiger partial charge < -0.3 is 24.1 Å². The first-order valence-corrected chi connectivity index (χ1v) is 5.57. The lowest BCUT2D eigenvalue weighted by atomic mass is 9.99. The molecule has 18 heavy (non-hydrogen) atoms. The first-order chi connectivity index (χ1) is 8.36. The number of carbonyl (C=O) groups is 2. The summed E-state index contributed by atoms with van der Waals surface area (Å²) < 4.78 is 20.3. The quantitative estimate of drug-likeness (QED) is 0.692. The van der Waals surface area contributed by atoms with Crippen LogP contribution in [0, 0.1) is 0 Å². The summed E-state index contributed by atoms with van der Waals surface area (Å²) in [5.74, 6) is -1.09. The highest BCUT2D eigenvalue weighted by Gasteiger charge is 2.47. The van der Waals surface area contributed by atoms with Crippen LogP contribution in [0.5, 0.6) is 0 Å². The molecular formula is C11H18O7. The van der Waals surface area contributed by atoms with Gasteiger partial charge in [-0.3, -0.25) is 9.59 Å². The minimum absolute atomic E-state index is 0.504. The van der Waals surface area contributed by atoms with E-state index in [-0.39, 0.29) is 0 Å². The van der Waals surface area contributed by atoms with Crippen molar-refractivity contribution in [1.29, 1.82) is 0 Å². The molecule has 0 radical (unpaired) electrons. The molecule has 1 aliphatic rings. The number of hydrogen-bond acceptors (Lipinski definition) is 7. The molecular weight excluding hydrogens is 244 g/mol.